The van der Waals surface area contributed by atoms with Crippen LogP contribution >= 0.6 is 0 Å². The minimum Gasteiger partial charge on any atom is -0.394 e. The van der Waals surface area contributed by atoms with Crippen LogP contribution in [0.25, 0.3) is 0 Å². The number of aromatic amines is 1. The summed E-state index contributed by atoms with van der Waals surface area (Å²) in [6, 6.07) is -1.51. The molecule has 1 aromatic rings. The van der Waals surface area contributed by atoms with Gasteiger partial charge in [0, 0.05) is 25.8 Å². The van der Waals surface area contributed by atoms with Crippen molar-refractivity contribution in [3.8, 4) is 0 Å². The summed E-state index contributed by atoms with van der Waals surface area (Å²) in [4.78, 5) is 47.5. The number of hydrogen-bond donors (Lipinski definition) is 7. The van der Waals surface area contributed by atoms with Gasteiger partial charge in [-0.3, -0.25) is 29.2 Å². The molecule has 0 aromatic carbocycles. The second-order valence-corrected chi connectivity index (χ2v) is 14.4. The van der Waals surface area contributed by atoms with E-state index in [-0.39, 0.29) is 55.2 Å². The molecule has 0 spiro atoms. The van der Waals surface area contributed by atoms with Crippen LogP contribution in [0.5, 0.6) is 0 Å². The number of hydrogen-bond acceptors (Lipinski definition) is 13. The van der Waals surface area contributed by atoms with E-state index >= 15 is 0 Å². The molecular weight excluding hydrogens is 654 g/mol. The average molecular weight is 718 g/mol. The number of aryl methyl sites for hydroxylation is 1. The molecule has 1 heterocycles. The molecule has 2 amide bonds. The second-order valence-electron chi connectivity index (χ2n) is 12.5. The van der Waals surface area contributed by atoms with E-state index < -0.39 is 34.6 Å². The van der Waals surface area contributed by atoms with E-state index in [9.17, 15) is 27.6 Å². The van der Waals surface area contributed by atoms with Crippen molar-refractivity contribution in [3.05, 3.63) is 5.82 Å². The third-order valence-electron chi connectivity index (χ3n) is 8.15. The lowest BCUT2D eigenvalue weighted by molar-refractivity contribution is -0.122. The molecule has 0 aliphatic rings. The van der Waals surface area contributed by atoms with E-state index in [1.54, 1.807) is 0 Å². The Morgan fingerprint density at radius 3 is 1.94 bits per heavy atom. The van der Waals surface area contributed by atoms with Crippen molar-refractivity contribution in [2.24, 2.45) is 5.73 Å². The lowest BCUT2D eigenvalue weighted by Gasteiger charge is -2.15. The Morgan fingerprint density at radius 1 is 0.816 bits per heavy atom. The standard InChI is InChI=1S/C32H60N8O7S.H3N/c1-26(42)28(25-41)35-24-29(43)27(33)18-15-16-22-34-31(44)21-17-23-48(46,47)38-32(45)20-14-12-10-8-6-4-2-3-5-7-9-11-13-19-30-36-39-40-37-30;/h27-28,35,41H,2-25,33H2,1H3,(H,34,44)(H,38,45)(H,36,37,39,40);1H3/t27-,28-;/m0./s1. The highest BCUT2D eigenvalue weighted by Crippen LogP contribution is 2.13. The summed E-state index contributed by atoms with van der Waals surface area (Å²) in [5.74, 6) is -0.843. The van der Waals surface area contributed by atoms with Crippen molar-refractivity contribution in [1.82, 2.24) is 42.1 Å². The zero-order valence-corrected chi connectivity index (χ0v) is 30.4. The highest BCUT2D eigenvalue weighted by atomic mass is 32.2. The smallest absolute Gasteiger partial charge is 0.234 e. The summed E-state index contributed by atoms with van der Waals surface area (Å²) in [6.45, 7) is 1.18. The summed E-state index contributed by atoms with van der Waals surface area (Å²) < 4.78 is 26.6. The number of aliphatic hydroxyl groups is 1. The molecule has 1 rings (SSSR count). The fraction of sp³-hybridized carbons (Fsp3) is 0.844. The predicted molar refractivity (Wildman–Crippen MR) is 188 cm³/mol. The third-order valence-corrected chi connectivity index (χ3v) is 9.52. The number of unbranched alkanes of at least 4 members (excludes halogenated alkanes) is 13. The maximum Gasteiger partial charge on any atom is 0.234 e. The number of nitrogens with one attached hydrogen (secondary N) is 4. The molecule has 0 aliphatic carbocycles. The van der Waals surface area contributed by atoms with Gasteiger partial charge in [-0.1, -0.05) is 75.8 Å². The molecule has 0 saturated carbocycles. The number of H-pyrrole nitrogens is 1. The molecule has 0 aliphatic heterocycles. The number of nitrogens with zero attached hydrogens (tertiary/aromatic N) is 3. The van der Waals surface area contributed by atoms with Crippen molar-refractivity contribution in [3.63, 3.8) is 0 Å². The molecule has 0 fully saturated rings. The van der Waals surface area contributed by atoms with E-state index in [1.807, 2.05) is 0 Å². The number of nitrogens with two attached hydrogens (primary N) is 1. The minimum atomic E-state index is -3.79. The second kappa shape index (κ2) is 28.9. The Labute approximate surface area is 292 Å². The zero-order valence-electron chi connectivity index (χ0n) is 29.6. The summed E-state index contributed by atoms with van der Waals surface area (Å²) >= 11 is 0. The highest BCUT2D eigenvalue weighted by molar-refractivity contribution is 7.90. The van der Waals surface area contributed by atoms with Crippen LogP contribution in [0.2, 0.25) is 0 Å². The van der Waals surface area contributed by atoms with Crippen LogP contribution in [-0.2, 0) is 35.6 Å². The fourth-order valence-corrected chi connectivity index (χ4v) is 6.23. The first-order valence-electron chi connectivity index (χ1n) is 17.7. The Kier molecular flexibility index (Phi) is 27.2. The zero-order chi connectivity index (χ0) is 35.5. The topological polar surface area (TPSA) is 274 Å². The van der Waals surface area contributed by atoms with Gasteiger partial charge in [-0.2, -0.15) is 5.21 Å². The van der Waals surface area contributed by atoms with Gasteiger partial charge < -0.3 is 22.3 Å². The van der Waals surface area contributed by atoms with Crippen LogP contribution in [0.1, 0.15) is 135 Å². The Morgan fingerprint density at radius 2 is 1.39 bits per heavy atom. The monoisotopic (exact) mass is 717 g/mol. The number of aliphatic hydroxyl groups excluding tert-OH is 1. The van der Waals surface area contributed by atoms with E-state index in [0.717, 1.165) is 37.9 Å². The summed E-state index contributed by atoms with van der Waals surface area (Å²) in [5, 5.41) is 28.5. The van der Waals surface area contributed by atoms with Crippen molar-refractivity contribution in [2.45, 2.75) is 147 Å². The first-order valence-corrected chi connectivity index (χ1v) is 19.3. The summed E-state index contributed by atoms with van der Waals surface area (Å²) in [7, 11) is -3.79. The molecule has 2 atom stereocenters. The van der Waals surface area contributed by atoms with Crippen molar-refractivity contribution in [2.75, 3.05) is 25.4 Å². The normalized spacial score (nSPS) is 12.6. The molecule has 17 heteroatoms. The van der Waals surface area contributed by atoms with E-state index in [2.05, 4.69) is 36.0 Å². The van der Waals surface area contributed by atoms with Gasteiger partial charge >= 0.3 is 0 Å². The average Bonchev–Trinajstić information content (AvgIpc) is 3.56. The molecule has 49 heavy (non-hydrogen) atoms. The largest absolute Gasteiger partial charge is 0.394 e. The number of tetrazole rings is 1. The molecule has 0 saturated heterocycles. The number of carbonyl (C=O) groups excluding carboxylic acids is 4. The van der Waals surface area contributed by atoms with Gasteiger partial charge in [0.1, 0.15) is 5.78 Å². The van der Waals surface area contributed by atoms with Crippen molar-refractivity contribution >= 4 is 33.4 Å². The van der Waals surface area contributed by atoms with Crippen LogP contribution in [0.3, 0.4) is 0 Å². The number of amides is 2. The van der Waals surface area contributed by atoms with Gasteiger partial charge in [-0.25, -0.2) is 8.42 Å². The molecule has 0 radical (unpaired) electrons. The number of aromatic nitrogens is 4. The van der Waals surface area contributed by atoms with E-state index in [1.165, 1.54) is 58.3 Å². The van der Waals surface area contributed by atoms with Gasteiger partial charge in [0.25, 0.3) is 0 Å². The molecule has 0 unspecified atom stereocenters. The van der Waals surface area contributed by atoms with E-state index in [4.69, 9.17) is 10.8 Å². The van der Waals surface area contributed by atoms with Crippen LogP contribution in [-0.4, -0.2) is 95.1 Å². The van der Waals surface area contributed by atoms with Gasteiger partial charge in [-0.05, 0) is 45.4 Å². The molecular formula is C32H63N9O7S. The van der Waals surface area contributed by atoms with Crippen molar-refractivity contribution < 1.29 is 32.7 Å². The number of sulfonamides is 1. The summed E-state index contributed by atoms with van der Waals surface area (Å²) in [5.41, 5.74) is 5.88. The van der Waals surface area contributed by atoms with Crippen LogP contribution in [0.4, 0.5) is 0 Å². The predicted octanol–water partition coefficient (Wildman–Crippen LogP) is 2.31. The quantitative estimate of drug-likeness (QED) is 0.0528. The van der Waals surface area contributed by atoms with Gasteiger partial charge in [-0.15, -0.1) is 10.2 Å². The Balaban J connectivity index is 0.0000230. The maximum absolute atomic E-state index is 12.2. The van der Waals surface area contributed by atoms with Gasteiger partial charge in [0.15, 0.2) is 11.6 Å². The van der Waals surface area contributed by atoms with E-state index in [0.29, 0.717) is 32.2 Å². The SMILES string of the molecule is CC(=O)[C@H](CO)NCC(=O)[C@@H](N)CCCCNC(=O)CCCS(=O)(=O)NC(=O)CCCCCCCCCCCCCCCc1nn[nH]n1.N. The first kappa shape index (κ1) is 46.1. The number of Topliss-reactive ketones (excluding diaryl/α,β-unsaturated/α-hetero) is 2. The van der Waals surface area contributed by atoms with Crippen LogP contribution in [0, 0.1) is 0 Å². The highest BCUT2D eigenvalue weighted by Gasteiger charge is 2.18. The van der Waals surface area contributed by atoms with Crippen molar-refractivity contribution in [1.29, 1.82) is 0 Å². The Hall–Kier alpha value is -2.86. The molecule has 16 nitrogen and oxygen atoms in total. The van der Waals surface area contributed by atoms with Crippen LogP contribution in [0.15, 0.2) is 0 Å². The maximum atomic E-state index is 12.2. The van der Waals surface area contributed by atoms with Gasteiger partial charge in [0.2, 0.25) is 21.8 Å². The molecule has 10 N–H and O–H groups in total. The number of ketones is 2. The fourth-order valence-electron chi connectivity index (χ4n) is 5.16. The molecule has 0 bridgehead atoms. The van der Waals surface area contributed by atoms with Gasteiger partial charge in [0.05, 0.1) is 31.0 Å². The lowest BCUT2D eigenvalue weighted by atomic mass is 10.0. The molecule has 284 valence electrons. The minimum absolute atomic E-state index is 0. The van der Waals surface area contributed by atoms with Crippen LogP contribution < -0.4 is 27.2 Å². The number of rotatable bonds is 32. The lowest BCUT2D eigenvalue weighted by Crippen LogP contribution is -2.45. The number of carbonyl (C=O) groups is 4. The summed E-state index contributed by atoms with van der Waals surface area (Å²) in [6.07, 6.45) is 17.5. The Bertz CT molecular complexity index is 1140. The first-order chi connectivity index (χ1) is 23.0. The third kappa shape index (κ3) is 25.7. The molecule has 1 aromatic heterocycles.